The lowest BCUT2D eigenvalue weighted by Gasteiger charge is -2.30. The zero-order valence-electron chi connectivity index (χ0n) is 10.8. The second-order valence-electron chi connectivity index (χ2n) is 5.02. The average Bonchev–Trinajstić information content (AvgIpc) is 2.28. The van der Waals surface area contributed by atoms with Crippen molar-refractivity contribution < 1.29 is 5.11 Å². The quantitative estimate of drug-likeness (QED) is 0.719. The first kappa shape index (κ1) is 12.6. The first-order valence-corrected chi connectivity index (χ1v) is 5.86. The van der Waals surface area contributed by atoms with Gasteiger partial charge >= 0.3 is 0 Å². The fraction of sp³-hybridized carbons (Fsp3) is 0.385. The van der Waals surface area contributed by atoms with Crippen molar-refractivity contribution in [1.82, 2.24) is 9.97 Å². The van der Waals surface area contributed by atoms with Gasteiger partial charge in [-0.2, -0.15) is 0 Å². The Morgan fingerprint density at radius 1 is 1.33 bits per heavy atom. The summed E-state index contributed by atoms with van der Waals surface area (Å²) < 4.78 is 0. The molecule has 18 heavy (non-hydrogen) atoms. The summed E-state index contributed by atoms with van der Waals surface area (Å²) in [6, 6.07) is 5.49. The van der Waals surface area contributed by atoms with Crippen LogP contribution in [-0.2, 0) is 0 Å². The largest absolute Gasteiger partial charge is 0.399 e. The predicted octanol–water partition coefficient (Wildman–Crippen LogP) is 1.78. The number of nitrogens with two attached hydrogens (primary N) is 1. The van der Waals surface area contributed by atoms with Crippen LogP contribution < -0.4 is 11.1 Å². The van der Waals surface area contributed by atoms with Gasteiger partial charge in [0.05, 0.1) is 17.2 Å². The highest BCUT2D eigenvalue weighted by Gasteiger charge is 2.24. The van der Waals surface area contributed by atoms with Gasteiger partial charge in [0.15, 0.2) is 0 Å². The number of rotatable bonds is 3. The maximum absolute atomic E-state index is 9.73. The van der Waals surface area contributed by atoms with E-state index >= 15 is 0 Å². The summed E-state index contributed by atoms with van der Waals surface area (Å²) in [5.74, 6) is 0.700. The predicted molar refractivity (Wildman–Crippen MR) is 73.3 cm³/mol. The van der Waals surface area contributed by atoms with Gasteiger partial charge in [-0.15, -0.1) is 0 Å². The van der Waals surface area contributed by atoms with E-state index in [9.17, 15) is 5.11 Å². The molecule has 1 aromatic carbocycles. The summed E-state index contributed by atoms with van der Waals surface area (Å²) in [5.41, 5.74) is 6.71. The third kappa shape index (κ3) is 2.36. The van der Waals surface area contributed by atoms with Crippen LogP contribution in [-0.4, -0.2) is 26.7 Å². The molecule has 0 aliphatic rings. The van der Waals surface area contributed by atoms with Crippen molar-refractivity contribution in [3.8, 4) is 0 Å². The average molecular weight is 246 g/mol. The minimum atomic E-state index is -0.503. The Labute approximate surface area is 106 Å². The van der Waals surface area contributed by atoms with E-state index < -0.39 is 11.6 Å². The van der Waals surface area contributed by atoms with Gasteiger partial charge in [-0.3, -0.25) is 0 Å². The molecule has 1 heterocycles. The topological polar surface area (TPSA) is 84.1 Å². The van der Waals surface area contributed by atoms with Crippen LogP contribution in [0.5, 0.6) is 0 Å². The highest BCUT2D eigenvalue weighted by molar-refractivity contribution is 5.90. The Kier molecular flexibility index (Phi) is 3.09. The molecule has 0 fully saturated rings. The molecule has 5 nitrogen and oxygen atoms in total. The van der Waals surface area contributed by atoms with Crippen molar-refractivity contribution in [3.63, 3.8) is 0 Å². The lowest BCUT2D eigenvalue weighted by molar-refractivity contribution is 0.133. The van der Waals surface area contributed by atoms with Crippen molar-refractivity contribution in [1.29, 1.82) is 0 Å². The third-order valence-corrected chi connectivity index (χ3v) is 3.15. The standard InChI is InChI=1S/C13H18N4O/c1-8(18)13(2,3)17-12-10-5-4-9(14)6-11(10)15-7-16-12/h4-8,18H,14H2,1-3H3,(H,15,16,17). The van der Waals surface area contributed by atoms with Crippen LogP contribution in [0.4, 0.5) is 11.5 Å². The van der Waals surface area contributed by atoms with E-state index in [-0.39, 0.29) is 0 Å². The molecule has 0 saturated heterocycles. The van der Waals surface area contributed by atoms with Crippen LogP contribution in [0.15, 0.2) is 24.5 Å². The van der Waals surface area contributed by atoms with Gasteiger partial charge in [0.2, 0.25) is 0 Å². The van der Waals surface area contributed by atoms with Crippen LogP contribution in [0.25, 0.3) is 10.9 Å². The van der Waals surface area contributed by atoms with Gasteiger partial charge in [0.1, 0.15) is 12.1 Å². The first-order valence-electron chi connectivity index (χ1n) is 5.86. The second-order valence-corrected chi connectivity index (χ2v) is 5.02. The van der Waals surface area contributed by atoms with Gasteiger partial charge in [-0.05, 0) is 39.0 Å². The van der Waals surface area contributed by atoms with Crippen LogP contribution in [0.2, 0.25) is 0 Å². The molecule has 0 aliphatic carbocycles. The maximum Gasteiger partial charge on any atom is 0.137 e. The normalized spacial score (nSPS) is 13.6. The van der Waals surface area contributed by atoms with Crippen LogP contribution >= 0.6 is 0 Å². The van der Waals surface area contributed by atoms with E-state index in [1.807, 2.05) is 26.0 Å². The number of nitrogen functional groups attached to an aromatic ring is 1. The van der Waals surface area contributed by atoms with Gasteiger partial charge < -0.3 is 16.2 Å². The molecule has 1 unspecified atom stereocenters. The lowest BCUT2D eigenvalue weighted by Crippen LogP contribution is -2.42. The molecule has 0 bridgehead atoms. The number of nitrogens with one attached hydrogen (secondary N) is 1. The Bertz CT molecular complexity index is 566. The fourth-order valence-electron chi connectivity index (χ4n) is 1.58. The molecular formula is C13H18N4O. The van der Waals surface area contributed by atoms with E-state index in [0.717, 1.165) is 10.9 Å². The number of aliphatic hydroxyl groups is 1. The van der Waals surface area contributed by atoms with E-state index in [1.165, 1.54) is 6.33 Å². The minimum absolute atomic E-state index is 0.470. The molecule has 1 aromatic heterocycles. The van der Waals surface area contributed by atoms with E-state index in [0.29, 0.717) is 11.5 Å². The van der Waals surface area contributed by atoms with E-state index in [2.05, 4.69) is 15.3 Å². The van der Waals surface area contributed by atoms with Crippen LogP contribution in [0.3, 0.4) is 0 Å². The number of aliphatic hydroxyl groups excluding tert-OH is 1. The van der Waals surface area contributed by atoms with E-state index in [1.54, 1.807) is 13.0 Å². The highest BCUT2D eigenvalue weighted by atomic mass is 16.3. The number of hydrogen-bond acceptors (Lipinski definition) is 5. The Hall–Kier alpha value is -1.88. The number of hydrogen-bond donors (Lipinski definition) is 3. The van der Waals surface area contributed by atoms with Gasteiger partial charge in [0, 0.05) is 11.1 Å². The van der Waals surface area contributed by atoms with Crippen molar-refractivity contribution in [2.75, 3.05) is 11.1 Å². The Morgan fingerprint density at radius 2 is 2.06 bits per heavy atom. The van der Waals surface area contributed by atoms with Crippen molar-refractivity contribution in [2.45, 2.75) is 32.4 Å². The molecule has 0 radical (unpaired) electrons. The lowest BCUT2D eigenvalue weighted by atomic mass is 9.98. The van der Waals surface area contributed by atoms with Gasteiger partial charge in [0.25, 0.3) is 0 Å². The van der Waals surface area contributed by atoms with Crippen molar-refractivity contribution in [2.24, 2.45) is 0 Å². The third-order valence-electron chi connectivity index (χ3n) is 3.15. The number of nitrogens with zero attached hydrogens (tertiary/aromatic N) is 2. The fourth-order valence-corrected chi connectivity index (χ4v) is 1.58. The highest BCUT2D eigenvalue weighted by Crippen LogP contribution is 2.24. The molecule has 4 N–H and O–H groups in total. The molecule has 0 saturated carbocycles. The molecule has 0 aliphatic heterocycles. The summed E-state index contributed by atoms with van der Waals surface area (Å²) >= 11 is 0. The number of fused-ring (bicyclic) bond motifs is 1. The van der Waals surface area contributed by atoms with Gasteiger partial charge in [-0.1, -0.05) is 0 Å². The summed E-state index contributed by atoms with van der Waals surface area (Å²) in [7, 11) is 0. The molecule has 96 valence electrons. The number of benzene rings is 1. The van der Waals surface area contributed by atoms with Crippen LogP contribution in [0, 0.1) is 0 Å². The summed E-state index contributed by atoms with van der Waals surface area (Å²) in [4.78, 5) is 8.41. The molecule has 0 spiro atoms. The van der Waals surface area contributed by atoms with Crippen molar-refractivity contribution in [3.05, 3.63) is 24.5 Å². The second kappa shape index (κ2) is 4.42. The molecular weight excluding hydrogens is 228 g/mol. The Balaban J connectivity index is 2.46. The van der Waals surface area contributed by atoms with Crippen LogP contribution in [0.1, 0.15) is 20.8 Å². The molecule has 1 atom stereocenters. The summed E-state index contributed by atoms with van der Waals surface area (Å²) in [6.45, 7) is 5.58. The smallest absolute Gasteiger partial charge is 0.137 e. The number of aromatic nitrogens is 2. The molecule has 0 amide bonds. The SMILES string of the molecule is CC(O)C(C)(C)Nc1ncnc2cc(N)ccc12. The first-order chi connectivity index (χ1) is 8.40. The Morgan fingerprint density at radius 3 is 2.72 bits per heavy atom. The van der Waals surface area contributed by atoms with Crippen molar-refractivity contribution >= 4 is 22.4 Å². The molecule has 2 aromatic rings. The molecule has 5 heteroatoms. The van der Waals surface area contributed by atoms with E-state index in [4.69, 9.17) is 5.73 Å². The summed E-state index contributed by atoms with van der Waals surface area (Å²) in [5, 5.41) is 13.9. The summed E-state index contributed by atoms with van der Waals surface area (Å²) in [6.07, 6.45) is 0.985. The minimum Gasteiger partial charge on any atom is -0.399 e. The maximum atomic E-state index is 9.73. The zero-order valence-corrected chi connectivity index (χ0v) is 10.8. The van der Waals surface area contributed by atoms with Gasteiger partial charge in [-0.25, -0.2) is 9.97 Å². The number of anilines is 2. The zero-order chi connectivity index (χ0) is 13.3. The monoisotopic (exact) mass is 246 g/mol. The molecule has 2 rings (SSSR count).